The van der Waals surface area contributed by atoms with Crippen LogP contribution in [0.4, 0.5) is 0 Å². The summed E-state index contributed by atoms with van der Waals surface area (Å²) in [6, 6.07) is 5.31. The number of hydrogen-bond acceptors (Lipinski definition) is 4. The molecule has 0 saturated heterocycles. The lowest BCUT2D eigenvalue weighted by Crippen LogP contribution is -2.09. The number of carbonyl (C=O) groups excluding carboxylic acids is 2. The highest BCUT2D eigenvalue weighted by atomic mass is 16.5. The van der Waals surface area contributed by atoms with Gasteiger partial charge in [-0.15, -0.1) is 0 Å². The molecule has 16 heavy (non-hydrogen) atoms. The molecule has 0 bridgehead atoms. The van der Waals surface area contributed by atoms with E-state index in [2.05, 4.69) is 4.74 Å². The summed E-state index contributed by atoms with van der Waals surface area (Å²) in [5.74, 6) is 0.197. The van der Waals surface area contributed by atoms with Gasteiger partial charge >= 0.3 is 5.97 Å². The molecule has 4 nitrogen and oxygen atoms in total. The quantitative estimate of drug-likeness (QED) is 0.562. The highest BCUT2D eigenvalue weighted by molar-refractivity contribution is 5.80. The standard InChI is InChI=1S/C12H14O4/c1-9-4-3-5-10(8-13)12(9)16-7-6-11(14)15-2/h3-5,8H,6-7H2,1-2H3. The van der Waals surface area contributed by atoms with Crippen LogP contribution in [0.1, 0.15) is 22.3 Å². The number of aryl methyl sites for hydroxylation is 1. The van der Waals surface area contributed by atoms with E-state index in [0.717, 1.165) is 11.8 Å². The largest absolute Gasteiger partial charge is 0.492 e. The zero-order valence-corrected chi connectivity index (χ0v) is 9.36. The van der Waals surface area contributed by atoms with Gasteiger partial charge in [-0.1, -0.05) is 12.1 Å². The van der Waals surface area contributed by atoms with E-state index in [0.29, 0.717) is 11.3 Å². The molecule has 0 saturated carbocycles. The van der Waals surface area contributed by atoms with Crippen molar-refractivity contribution >= 4 is 12.3 Å². The van der Waals surface area contributed by atoms with Crippen LogP contribution in [0.3, 0.4) is 0 Å². The molecule has 0 aliphatic carbocycles. The monoisotopic (exact) mass is 222 g/mol. The van der Waals surface area contributed by atoms with Crippen LogP contribution in [0.15, 0.2) is 18.2 Å². The number of rotatable bonds is 5. The van der Waals surface area contributed by atoms with E-state index in [1.807, 2.05) is 13.0 Å². The Labute approximate surface area is 94.2 Å². The van der Waals surface area contributed by atoms with Crippen molar-refractivity contribution in [1.82, 2.24) is 0 Å². The molecule has 0 atom stereocenters. The molecular weight excluding hydrogens is 208 g/mol. The molecule has 1 rings (SSSR count). The molecule has 1 aromatic rings. The summed E-state index contributed by atoms with van der Waals surface area (Å²) >= 11 is 0. The van der Waals surface area contributed by atoms with Crippen LogP contribution in [0.2, 0.25) is 0 Å². The van der Waals surface area contributed by atoms with Crippen molar-refractivity contribution in [1.29, 1.82) is 0 Å². The summed E-state index contributed by atoms with van der Waals surface area (Å²) in [7, 11) is 1.33. The SMILES string of the molecule is COC(=O)CCOc1c(C)cccc1C=O. The molecule has 0 N–H and O–H groups in total. The molecular formula is C12H14O4. The van der Waals surface area contributed by atoms with Gasteiger partial charge in [0.05, 0.1) is 25.7 Å². The summed E-state index contributed by atoms with van der Waals surface area (Å²) < 4.78 is 9.89. The lowest BCUT2D eigenvalue weighted by atomic mass is 10.1. The van der Waals surface area contributed by atoms with E-state index in [9.17, 15) is 9.59 Å². The number of para-hydroxylation sites is 1. The zero-order chi connectivity index (χ0) is 12.0. The molecule has 1 aromatic carbocycles. The third-order valence-electron chi connectivity index (χ3n) is 2.15. The number of benzene rings is 1. The van der Waals surface area contributed by atoms with Crippen LogP contribution in [0, 0.1) is 6.92 Å². The number of carbonyl (C=O) groups is 2. The maximum Gasteiger partial charge on any atom is 0.308 e. The van der Waals surface area contributed by atoms with Gasteiger partial charge in [-0.2, -0.15) is 0 Å². The number of hydrogen-bond donors (Lipinski definition) is 0. The Balaban J connectivity index is 2.65. The minimum absolute atomic E-state index is 0.170. The van der Waals surface area contributed by atoms with E-state index in [1.54, 1.807) is 12.1 Å². The molecule has 0 amide bonds. The lowest BCUT2D eigenvalue weighted by molar-refractivity contribution is -0.141. The highest BCUT2D eigenvalue weighted by Crippen LogP contribution is 2.21. The summed E-state index contributed by atoms with van der Waals surface area (Å²) in [5.41, 5.74) is 1.36. The fraction of sp³-hybridized carbons (Fsp3) is 0.333. The molecule has 0 unspecified atom stereocenters. The first-order valence-electron chi connectivity index (χ1n) is 4.93. The molecule has 0 spiro atoms. The van der Waals surface area contributed by atoms with Gasteiger partial charge in [-0.05, 0) is 18.6 Å². The molecule has 86 valence electrons. The van der Waals surface area contributed by atoms with Crippen molar-refractivity contribution in [2.75, 3.05) is 13.7 Å². The highest BCUT2D eigenvalue weighted by Gasteiger charge is 2.07. The van der Waals surface area contributed by atoms with Gasteiger partial charge in [-0.25, -0.2) is 0 Å². The van der Waals surface area contributed by atoms with Crippen molar-refractivity contribution < 1.29 is 19.1 Å². The maximum atomic E-state index is 10.9. The number of esters is 1. The van der Waals surface area contributed by atoms with Gasteiger partial charge in [0.25, 0.3) is 0 Å². The van der Waals surface area contributed by atoms with Gasteiger partial charge in [0, 0.05) is 0 Å². The predicted molar refractivity (Wildman–Crippen MR) is 58.7 cm³/mol. The molecule has 0 radical (unpaired) electrons. The van der Waals surface area contributed by atoms with E-state index in [4.69, 9.17) is 4.74 Å². The maximum absolute atomic E-state index is 10.9. The fourth-order valence-electron chi connectivity index (χ4n) is 1.30. The van der Waals surface area contributed by atoms with Crippen LogP contribution in [0.5, 0.6) is 5.75 Å². The van der Waals surface area contributed by atoms with Crippen molar-refractivity contribution in [3.8, 4) is 5.75 Å². The van der Waals surface area contributed by atoms with Gasteiger partial charge < -0.3 is 9.47 Å². The van der Waals surface area contributed by atoms with E-state index in [1.165, 1.54) is 7.11 Å². The minimum Gasteiger partial charge on any atom is -0.492 e. The van der Waals surface area contributed by atoms with Crippen molar-refractivity contribution in [3.63, 3.8) is 0 Å². The first-order chi connectivity index (χ1) is 7.69. The Morgan fingerprint density at radius 3 is 2.81 bits per heavy atom. The van der Waals surface area contributed by atoms with E-state index in [-0.39, 0.29) is 19.0 Å². The Hall–Kier alpha value is -1.84. The fourth-order valence-corrected chi connectivity index (χ4v) is 1.30. The summed E-state index contributed by atoms with van der Waals surface area (Å²) in [6.07, 6.45) is 0.906. The summed E-state index contributed by atoms with van der Waals surface area (Å²) in [4.78, 5) is 21.6. The van der Waals surface area contributed by atoms with Crippen LogP contribution in [-0.2, 0) is 9.53 Å². The van der Waals surface area contributed by atoms with Crippen LogP contribution in [-0.4, -0.2) is 26.0 Å². The molecule has 0 aliphatic rings. The summed E-state index contributed by atoms with van der Waals surface area (Å²) in [5, 5.41) is 0. The lowest BCUT2D eigenvalue weighted by Gasteiger charge is -2.10. The molecule has 4 heteroatoms. The molecule has 0 aromatic heterocycles. The average molecular weight is 222 g/mol. The second kappa shape index (κ2) is 5.90. The first kappa shape index (κ1) is 12.2. The Kier molecular flexibility index (Phi) is 4.51. The number of aldehydes is 1. The van der Waals surface area contributed by atoms with Gasteiger partial charge in [0.2, 0.25) is 0 Å². The van der Waals surface area contributed by atoms with Crippen LogP contribution < -0.4 is 4.74 Å². The topological polar surface area (TPSA) is 52.6 Å². The Bertz CT molecular complexity index is 385. The van der Waals surface area contributed by atoms with Crippen molar-refractivity contribution in [2.45, 2.75) is 13.3 Å². The average Bonchev–Trinajstić information content (AvgIpc) is 2.30. The van der Waals surface area contributed by atoms with Crippen molar-refractivity contribution in [3.05, 3.63) is 29.3 Å². The Morgan fingerprint density at radius 2 is 2.19 bits per heavy atom. The third kappa shape index (κ3) is 3.08. The van der Waals surface area contributed by atoms with Crippen LogP contribution >= 0.6 is 0 Å². The van der Waals surface area contributed by atoms with E-state index < -0.39 is 0 Å². The molecule has 0 fully saturated rings. The predicted octanol–water partition coefficient (Wildman–Crippen LogP) is 1.75. The minimum atomic E-state index is -0.332. The van der Waals surface area contributed by atoms with Gasteiger partial charge in [-0.3, -0.25) is 9.59 Å². The molecule has 0 heterocycles. The smallest absolute Gasteiger partial charge is 0.308 e. The number of methoxy groups -OCH3 is 1. The Morgan fingerprint density at radius 1 is 1.44 bits per heavy atom. The van der Waals surface area contributed by atoms with Crippen molar-refractivity contribution in [2.24, 2.45) is 0 Å². The first-order valence-corrected chi connectivity index (χ1v) is 4.93. The normalized spacial score (nSPS) is 9.62. The third-order valence-corrected chi connectivity index (χ3v) is 2.15. The molecule has 0 aliphatic heterocycles. The second-order valence-corrected chi connectivity index (χ2v) is 3.29. The number of ether oxygens (including phenoxy) is 2. The summed E-state index contributed by atoms with van der Waals surface area (Å²) in [6.45, 7) is 2.05. The van der Waals surface area contributed by atoms with Crippen LogP contribution in [0.25, 0.3) is 0 Å². The van der Waals surface area contributed by atoms with Gasteiger partial charge in [0.15, 0.2) is 6.29 Å². The van der Waals surface area contributed by atoms with E-state index >= 15 is 0 Å². The zero-order valence-electron chi connectivity index (χ0n) is 9.36. The van der Waals surface area contributed by atoms with Gasteiger partial charge in [0.1, 0.15) is 5.75 Å². The second-order valence-electron chi connectivity index (χ2n) is 3.29.